The molecule has 3 heteroatoms. The van der Waals surface area contributed by atoms with E-state index in [9.17, 15) is 0 Å². The molecule has 0 amide bonds. The van der Waals surface area contributed by atoms with Crippen LogP contribution >= 0.6 is 11.3 Å². The number of hydrogen-bond acceptors (Lipinski definition) is 3. The van der Waals surface area contributed by atoms with Crippen LogP contribution in [0.15, 0.2) is 41.8 Å². The number of rotatable bonds is 4. The molecule has 0 bridgehead atoms. The molecule has 15 heavy (non-hydrogen) atoms. The minimum Gasteiger partial charge on any atom is -0.497 e. The topological polar surface area (TPSA) is 21.3 Å². The number of anilines is 1. The molecule has 0 saturated carbocycles. The summed E-state index contributed by atoms with van der Waals surface area (Å²) in [6.07, 6.45) is 0. The largest absolute Gasteiger partial charge is 0.497 e. The fourth-order valence-corrected chi connectivity index (χ4v) is 1.98. The molecule has 2 nitrogen and oxygen atoms in total. The Kier molecular flexibility index (Phi) is 3.25. The van der Waals surface area contributed by atoms with E-state index in [4.69, 9.17) is 4.74 Å². The van der Waals surface area contributed by atoms with E-state index < -0.39 is 0 Å². The summed E-state index contributed by atoms with van der Waals surface area (Å²) < 4.78 is 5.15. The first kappa shape index (κ1) is 10.1. The third kappa shape index (κ3) is 2.73. The molecule has 0 fully saturated rings. The number of methoxy groups -OCH3 is 1. The standard InChI is InChI=1S/C12H13NOS/c1-14-11-5-2-4-10(8-11)13-9-12-6-3-7-15-12/h2-8,13H,9H2,1H3. The van der Waals surface area contributed by atoms with Crippen molar-refractivity contribution in [1.82, 2.24) is 0 Å². The Morgan fingerprint density at radius 1 is 1.27 bits per heavy atom. The van der Waals surface area contributed by atoms with Gasteiger partial charge in [-0.2, -0.15) is 0 Å². The van der Waals surface area contributed by atoms with Crippen molar-refractivity contribution in [3.05, 3.63) is 46.7 Å². The number of benzene rings is 1. The van der Waals surface area contributed by atoms with E-state index in [0.29, 0.717) is 0 Å². The second kappa shape index (κ2) is 4.84. The van der Waals surface area contributed by atoms with Crippen LogP contribution in [0.5, 0.6) is 5.75 Å². The van der Waals surface area contributed by atoms with Crippen LogP contribution in [0.3, 0.4) is 0 Å². The molecule has 1 aromatic carbocycles. The fourth-order valence-electron chi connectivity index (χ4n) is 1.34. The van der Waals surface area contributed by atoms with Gasteiger partial charge in [0.25, 0.3) is 0 Å². The van der Waals surface area contributed by atoms with Gasteiger partial charge in [-0.1, -0.05) is 12.1 Å². The van der Waals surface area contributed by atoms with Gasteiger partial charge < -0.3 is 10.1 Å². The lowest BCUT2D eigenvalue weighted by Crippen LogP contribution is -1.97. The van der Waals surface area contributed by atoms with Crippen LogP contribution in [-0.4, -0.2) is 7.11 Å². The molecule has 0 radical (unpaired) electrons. The molecule has 0 unspecified atom stereocenters. The number of ether oxygens (including phenoxy) is 1. The maximum Gasteiger partial charge on any atom is 0.120 e. The van der Waals surface area contributed by atoms with Gasteiger partial charge in [0.2, 0.25) is 0 Å². The number of hydrogen-bond donors (Lipinski definition) is 1. The normalized spacial score (nSPS) is 9.93. The first-order chi connectivity index (χ1) is 7.38. The van der Waals surface area contributed by atoms with Crippen molar-refractivity contribution in [2.45, 2.75) is 6.54 Å². The van der Waals surface area contributed by atoms with Crippen LogP contribution in [0.25, 0.3) is 0 Å². The molecule has 0 saturated heterocycles. The smallest absolute Gasteiger partial charge is 0.120 e. The van der Waals surface area contributed by atoms with Gasteiger partial charge in [-0.3, -0.25) is 0 Å². The predicted octanol–water partition coefficient (Wildman–Crippen LogP) is 3.37. The van der Waals surface area contributed by atoms with E-state index in [1.165, 1.54) is 4.88 Å². The molecular weight excluding hydrogens is 206 g/mol. The highest BCUT2D eigenvalue weighted by molar-refractivity contribution is 7.09. The third-order valence-corrected chi connectivity index (χ3v) is 2.99. The van der Waals surface area contributed by atoms with Crippen molar-refractivity contribution < 1.29 is 4.74 Å². The molecule has 0 spiro atoms. The minimum absolute atomic E-state index is 0.866. The summed E-state index contributed by atoms with van der Waals surface area (Å²) in [5, 5.41) is 5.44. The van der Waals surface area contributed by atoms with Gasteiger partial charge in [0.15, 0.2) is 0 Å². The average molecular weight is 219 g/mol. The van der Waals surface area contributed by atoms with Gasteiger partial charge in [0.05, 0.1) is 7.11 Å². The van der Waals surface area contributed by atoms with Crippen LogP contribution in [0.2, 0.25) is 0 Å². The zero-order chi connectivity index (χ0) is 10.5. The van der Waals surface area contributed by atoms with E-state index in [0.717, 1.165) is 18.0 Å². The summed E-state index contributed by atoms with van der Waals surface area (Å²) in [7, 11) is 1.68. The summed E-state index contributed by atoms with van der Waals surface area (Å²) in [6, 6.07) is 12.1. The van der Waals surface area contributed by atoms with E-state index in [1.54, 1.807) is 18.4 Å². The molecular formula is C12H13NOS. The van der Waals surface area contributed by atoms with Crippen molar-refractivity contribution >= 4 is 17.0 Å². The molecule has 78 valence electrons. The number of nitrogens with one attached hydrogen (secondary N) is 1. The molecule has 2 aromatic rings. The monoisotopic (exact) mass is 219 g/mol. The summed E-state index contributed by atoms with van der Waals surface area (Å²) in [5.74, 6) is 0.881. The van der Waals surface area contributed by atoms with Gasteiger partial charge in [-0.25, -0.2) is 0 Å². The lowest BCUT2D eigenvalue weighted by atomic mass is 10.3. The molecule has 0 aliphatic rings. The van der Waals surface area contributed by atoms with Gasteiger partial charge >= 0.3 is 0 Å². The maximum absolute atomic E-state index is 5.15. The Labute approximate surface area is 93.5 Å². The van der Waals surface area contributed by atoms with Crippen LogP contribution < -0.4 is 10.1 Å². The molecule has 0 aliphatic heterocycles. The highest BCUT2D eigenvalue weighted by Crippen LogP contribution is 2.18. The van der Waals surface area contributed by atoms with Crippen LogP contribution in [0.1, 0.15) is 4.88 Å². The second-order valence-corrected chi connectivity index (χ2v) is 4.20. The van der Waals surface area contributed by atoms with E-state index in [1.807, 2.05) is 24.3 Å². The molecule has 1 N–H and O–H groups in total. The summed E-state index contributed by atoms with van der Waals surface area (Å²) in [4.78, 5) is 1.33. The third-order valence-electron chi connectivity index (χ3n) is 2.12. The zero-order valence-corrected chi connectivity index (χ0v) is 9.38. The first-order valence-corrected chi connectivity index (χ1v) is 5.67. The van der Waals surface area contributed by atoms with Crippen LogP contribution in [0, 0.1) is 0 Å². The van der Waals surface area contributed by atoms with Crippen LogP contribution in [-0.2, 0) is 6.54 Å². The predicted molar refractivity (Wildman–Crippen MR) is 64.6 cm³/mol. The zero-order valence-electron chi connectivity index (χ0n) is 8.57. The van der Waals surface area contributed by atoms with Crippen molar-refractivity contribution in [2.24, 2.45) is 0 Å². The van der Waals surface area contributed by atoms with E-state index in [2.05, 4.69) is 22.8 Å². The van der Waals surface area contributed by atoms with E-state index in [-0.39, 0.29) is 0 Å². The van der Waals surface area contributed by atoms with Gasteiger partial charge in [-0.15, -0.1) is 11.3 Å². The SMILES string of the molecule is COc1cccc(NCc2cccs2)c1. The van der Waals surface area contributed by atoms with Gasteiger partial charge in [0.1, 0.15) is 5.75 Å². The second-order valence-electron chi connectivity index (χ2n) is 3.16. The van der Waals surface area contributed by atoms with Crippen LogP contribution in [0.4, 0.5) is 5.69 Å². The highest BCUT2D eigenvalue weighted by atomic mass is 32.1. The summed E-state index contributed by atoms with van der Waals surface area (Å²) in [5.41, 5.74) is 1.09. The molecule has 0 aliphatic carbocycles. The van der Waals surface area contributed by atoms with Crippen molar-refractivity contribution in [3.63, 3.8) is 0 Å². The molecule has 2 rings (SSSR count). The Morgan fingerprint density at radius 2 is 2.20 bits per heavy atom. The summed E-state index contributed by atoms with van der Waals surface area (Å²) >= 11 is 1.76. The number of thiophene rings is 1. The highest BCUT2D eigenvalue weighted by Gasteiger charge is 1.96. The Hall–Kier alpha value is -1.48. The average Bonchev–Trinajstić information content (AvgIpc) is 2.79. The molecule has 1 heterocycles. The van der Waals surface area contributed by atoms with Gasteiger partial charge in [-0.05, 0) is 23.6 Å². The van der Waals surface area contributed by atoms with E-state index >= 15 is 0 Å². The Balaban J connectivity index is 1.98. The molecule has 0 atom stereocenters. The lowest BCUT2D eigenvalue weighted by molar-refractivity contribution is 0.415. The first-order valence-electron chi connectivity index (χ1n) is 4.79. The Morgan fingerprint density at radius 3 is 2.93 bits per heavy atom. The molecule has 1 aromatic heterocycles. The van der Waals surface area contributed by atoms with Crippen molar-refractivity contribution in [3.8, 4) is 5.75 Å². The van der Waals surface area contributed by atoms with Crippen molar-refractivity contribution in [2.75, 3.05) is 12.4 Å². The minimum atomic E-state index is 0.866. The fraction of sp³-hybridized carbons (Fsp3) is 0.167. The maximum atomic E-state index is 5.15. The summed E-state index contributed by atoms with van der Waals surface area (Å²) in [6.45, 7) is 0.866. The Bertz CT molecular complexity index is 411. The van der Waals surface area contributed by atoms with Gasteiger partial charge in [0, 0.05) is 23.2 Å². The quantitative estimate of drug-likeness (QED) is 0.851. The van der Waals surface area contributed by atoms with Crippen molar-refractivity contribution in [1.29, 1.82) is 0 Å². The lowest BCUT2D eigenvalue weighted by Gasteiger charge is -2.06.